The largest absolute Gasteiger partial charge is 0.493 e. The van der Waals surface area contributed by atoms with E-state index in [1.54, 1.807) is 7.11 Å². The Kier molecular flexibility index (Phi) is 4.14. The van der Waals surface area contributed by atoms with Gasteiger partial charge in [-0.1, -0.05) is 36.4 Å². The maximum Gasteiger partial charge on any atom is 0.161 e. The van der Waals surface area contributed by atoms with Crippen molar-refractivity contribution in [3.05, 3.63) is 59.7 Å². The van der Waals surface area contributed by atoms with Gasteiger partial charge in [0.1, 0.15) is 6.61 Å². The van der Waals surface area contributed by atoms with Crippen LogP contribution in [0.3, 0.4) is 0 Å². The molecule has 1 aliphatic carbocycles. The van der Waals surface area contributed by atoms with Gasteiger partial charge in [0, 0.05) is 18.7 Å². The number of nitrogens with zero attached hydrogens (tertiary/aromatic N) is 1. The Labute approximate surface area is 131 Å². The molecule has 0 spiro atoms. The van der Waals surface area contributed by atoms with Gasteiger partial charge in [0.15, 0.2) is 11.5 Å². The Balaban J connectivity index is 1.82. The van der Waals surface area contributed by atoms with E-state index in [1.807, 2.05) is 31.3 Å². The first kappa shape index (κ1) is 14.6. The van der Waals surface area contributed by atoms with Gasteiger partial charge in [-0.15, -0.1) is 0 Å². The Hall–Kier alpha value is -2.29. The monoisotopic (exact) mass is 295 g/mol. The molecule has 0 N–H and O–H groups in total. The van der Waals surface area contributed by atoms with Crippen molar-refractivity contribution >= 4 is 6.21 Å². The summed E-state index contributed by atoms with van der Waals surface area (Å²) in [6, 6.07) is 16.3. The van der Waals surface area contributed by atoms with Crippen LogP contribution in [0, 0.1) is 0 Å². The summed E-state index contributed by atoms with van der Waals surface area (Å²) in [6.07, 6.45) is 4.35. The first-order valence-electron chi connectivity index (χ1n) is 7.56. The lowest BCUT2D eigenvalue weighted by molar-refractivity contribution is 0.284. The third kappa shape index (κ3) is 2.98. The SMILES string of the molecule is C/N=C/C1(c2ccc(OC)c(OCc3ccccc3)c2)CC1. The van der Waals surface area contributed by atoms with Crippen molar-refractivity contribution in [2.45, 2.75) is 24.9 Å². The molecule has 2 aromatic rings. The lowest BCUT2D eigenvalue weighted by atomic mass is 9.97. The van der Waals surface area contributed by atoms with Gasteiger partial charge in [-0.05, 0) is 36.1 Å². The van der Waals surface area contributed by atoms with Crippen molar-refractivity contribution in [3.63, 3.8) is 0 Å². The zero-order valence-electron chi connectivity index (χ0n) is 13.1. The van der Waals surface area contributed by atoms with E-state index in [0.717, 1.165) is 29.9 Å². The average Bonchev–Trinajstić information content (AvgIpc) is 3.35. The minimum absolute atomic E-state index is 0.103. The van der Waals surface area contributed by atoms with Crippen molar-refractivity contribution in [1.82, 2.24) is 0 Å². The second-order valence-corrected chi connectivity index (χ2v) is 5.68. The molecule has 0 aliphatic heterocycles. The zero-order valence-corrected chi connectivity index (χ0v) is 13.1. The number of hydrogen-bond acceptors (Lipinski definition) is 3. The Morgan fingerprint density at radius 1 is 1.09 bits per heavy atom. The molecule has 0 unspecified atom stereocenters. The molecule has 22 heavy (non-hydrogen) atoms. The second kappa shape index (κ2) is 6.22. The molecule has 0 saturated heterocycles. The predicted molar refractivity (Wildman–Crippen MR) is 89.1 cm³/mol. The number of ether oxygens (including phenoxy) is 2. The predicted octanol–water partition coefficient (Wildman–Crippen LogP) is 4.01. The van der Waals surface area contributed by atoms with Gasteiger partial charge >= 0.3 is 0 Å². The van der Waals surface area contributed by atoms with E-state index in [4.69, 9.17) is 9.47 Å². The van der Waals surface area contributed by atoms with Crippen LogP contribution < -0.4 is 9.47 Å². The quantitative estimate of drug-likeness (QED) is 0.754. The highest BCUT2D eigenvalue weighted by Crippen LogP contribution is 2.48. The normalized spacial score (nSPS) is 15.7. The molecule has 0 bridgehead atoms. The van der Waals surface area contributed by atoms with Crippen LogP contribution in [-0.4, -0.2) is 20.4 Å². The first-order valence-corrected chi connectivity index (χ1v) is 7.56. The lowest BCUT2D eigenvalue weighted by Gasteiger charge is -2.15. The van der Waals surface area contributed by atoms with Gasteiger partial charge < -0.3 is 9.47 Å². The third-order valence-electron chi connectivity index (χ3n) is 4.14. The van der Waals surface area contributed by atoms with Crippen molar-refractivity contribution in [2.75, 3.05) is 14.2 Å². The highest BCUT2D eigenvalue weighted by Gasteiger charge is 2.43. The van der Waals surface area contributed by atoms with E-state index < -0.39 is 0 Å². The summed E-state index contributed by atoms with van der Waals surface area (Å²) >= 11 is 0. The van der Waals surface area contributed by atoms with E-state index >= 15 is 0 Å². The standard InChI is InChI=1S/C19H21NO2/c1-20-14-19(10-11-19)16-8-9-17(21-2)18(12-16)22-13-15-6-4-3-5-7-15/h3-9,12,14H,10-11,13H2,1-2H3/b20-14+. The summed E-state index contributed by atoms with van der Waals surface area (Å²) in [5, 5.41) is 0. The molecule has 2 aromatic carbocycles. The van der Waals surface area contributed by atoms with E-state index in [2.05, 4.69) is 35.5 Å². The topological polar surface area (TPSA) is 30.8 Å². The molecule has 1 aliphatic rings. The maximum absolute atomic E-state index is 5.99. The van der Waals surface area contributed by atoms with Crippen LogP contribution in [0.1, 0.15) is 24.0 Å². The van der Waals surface area contributed by atoms with E-state index in [-0.39, 0.29) is 5.41 Å². The Bertz CT molecular complexity index is 660. The molecule has 1 saturated carbocycles. The molecule has 114 valence electrons. The molecule has 3 heteroatoms. The van der Waals surface area contributed by atoms with Gasteiger partial charge in [-0.2, -0.15) is 0 Å². The van der Waals surface area contributed by atoms with Gasteiger partial charge in [0.05, 0.1) is 7.11 Å². The van der Waals surface area contributed by atoms with Gasteiger partial charge in [-0.25, -0.2) is 0 Å². The van der Waals surface area contributed by atoms with E-state index in [9.17, 15) is 0 Å². The molecule has 0 heterocycles. The molecule has 1 fully saturated rings. The molecular weight excluding hydrogens is 274 g/mol. The molecule has 0 radical (unpaired) electrons. The first-order chi connectivity index (χ1) is 10.8. The summed E-state index contributed by atoms with van der Waals surface area (Å²) in [5.74, 6) is 1.56. The molecule has 0 amide bonds. The fraction of sp³-hybridized carbons (Fsp3) is 0.316. The van der Waals surface area contributed by atoms with Crippen LogP contribution in [0.5, 0.6) is 11.5 Å². The number of aliphatic imine (C=N–C) groups is 1. The summed E-state index contributed by atoms with van der Waals surface area (Å²) in [4.78, 5) is 4.22. The minimum Gasteiger partial charge on any atom is -0.493 e. The van der Waals surface area contributed by atoms with Crippen molar-refractivity contribution in [3.8, 4) is 11.5 Å². The zero-order chi connectivity index (χ0) is 15.4. The molecule has 3 nitrogen and oxygen atoms in total. The lowest BCUT2D eigenvalue weighted by Crippen LogP contribution is -2.09. The van der Waals surface area contributed by atoms with Crippen LogP contribution in [-0.2, 0) is 12.0 Å². The Morgan fingerprint density at radius 2 is 1.86 bits per heavy atom. The maximum atomic E-state index is 5.99. The van der Waals surface area contributed by atoms with Crippen LogP contribution in [0.15, 0.2) is 53.5 Å². The van der Waals surface area contributed by atoms with Gasteiger partial charge in [0.2, 0.25) is 0 Å². The van der Waals surface area contributed by atoms with Gasteiger partial charge in [0.25, 0.3) is 0 Å². The minimum atomic E-state index is 0.103. The smallest absolute Gasteiger partial charge is 0.161 e. The fourth-order valence-corrected chi connectivity index (χ4v) is 2.71. The van der Waals surface area contributed by atoms with Crippen LogP contribution in [0.4, 0.5) is 0 Å². The second-order valence-electron chi connectivity index (χ2n) is 5.68. The summed E-state index contributed by atoms with van der Waals surface area (Å²) in [6.45, 7) is 0.537. The Morgan fingerprint density at radius 3 is 2.50 bits per heavy atom. The van der Waals surface area contributed by atoms with Crippen molar-refractivity contribution < 1.29 is 9.47 Å². The van der Waals surface area contributed by atoms with Crippen molar-refractivity contribution in [2.24, 2.45) is 4.99 Å². The van der Waals surface area contributed by atoms with Crippen LogP contribution in [0.25, 0.3) is 0 Å². The molecule has 3 rings (SSSR count). The summed E-state index contributed by atoms with van der Waals surface area (Å²) < 4.78 is 11.4. The number of benzene rings is 2. The van der Waals surface area contributed by atoms with E-state index in [0.29, 0.717) is 6.61 Å². The molecule has 0 atom stereocenters. The summed E-state index contributed by atoms with van der Waals surface area (Å²) in [7, 11) is 3.50. The highest BCUT2D eigenvalue weighted by atomic mass is 16.5. The van der Waals surface area contributed by atoms with Crippen LogP contribution >= 0.6 is 0 Å². The van der Waals surface area contributed by atoms with Gasteiger partial charge in [-0.3, -0.25) is 4.99 Å². The number of methoxy groups -OCH3 is 1. The highest BCUT2D eigenvalue weighted by molar-refractivity contribution is 5.78. The number of rotatable bonds is 6. The van der Waals surface area contributed by atoms with Crippen molar-refractivity contribution in [1.29, 1.82) is 0 Å². The van der Waals surface area contributed by atoms with Crippen LogP contribution in [0.2, 0.25) is 0 Å². The third-order valence-corrected chi connectivity index (χ3v) is 4.14. The molecular formula is C19H21NO2. The number of hydrogen-bond donors (Lipinski definition) is 0. The average molecular weight is 295 g/mol. The fourth-order valence-electron chi connectivity index (χ4n) is 2.71. The summed E-state index contributed by atoms with van der Waals surface area (Å²) in [5.41, 5.74) is 2.50. The molecule has 0 aromatic heterocycles. The van der Waals surface area contributed by atoms with E-state index in [1.165, 1.54) is 5.56 Å².